The number of fused-ring (bicyclic) bond motifs is 3. The van der Waals surface area contributed by atoms with E-state index in [0.29, 0.717) is 11.7 Å². The number of carbonyl (C=O) groups excluding carboxylic acids is 1. The Bertz CT molecular complexity index is 957. The Labute approximate surface area is 154 Å². The summed E-state index contributed by atoms with van der Waals surface area (Å²) in [5, 5.41) is 1.36. The zero-order valence-corrected chi connectivity index (χ0v) is 15.1. The number of rotatable bonds is 3. The number of H-pyrrole nitrogens is 1. The fourth-order valence-electron chi connectivity index (χ4n) is 5.59. The monoisotopic (exact) mass is 343 g/mol. The van der Waals surface area contributed by atoms with Gasteiger partial charge in [-0.3, -0.25) is 4.79 Å². The van der Waals surface area contributed by atoms with Gasteiger partial charge in [0.2, 0.25) is 0 Å². The lowest BCUT2D eigenvalue weighted by atomic mass is 9.64. The van der Waals surface area contributed by atoms with Crippen LogP contribution in [0.25, 0.3) is 10.9 Å². The molecule has 0 radical (unpaired) electrons. The van der Waals surface area contributed by atoms with Gasteiger partial charge < -0.3 is 4.98 Å². The van der Waals surface area contributed by atoms with Gasteiger partial charge in [0.15, 0.2) is 0 Å². The molecule has 132 valence electrons. The minimum absolute atomic E-state index is 0.233. The van der Waals surface area contributed by atoms with Crippen molar-refractivity contribution in [1.82, 2.24) is 4.98 Å². The van der Waals surface area contributed by atoms with E-state index in [1.807, 2.05) is 6.20 Å². The highest BCUT2D eigenvalue weighted by atomic mass is 16.1. The smallest absolute Gasteiger partial charge is 0.132 e. The SMILES string of the molecule is O=C1CCC2(CC1)c1ccccc1CC2CCc1cccc2[nH]ccc12. The summed E-state index contributed by atoms with van der Waals surface area (Å²) in [7, 11) is 0. The van der Waals surface area contributed by atoms with Crippen LogP contribution in [0.2, 0.25) is 0 Å². The second kappa shape index (κ2) is 6.12. The van der Waals surface area contributed by atoms with Gasteiger partial charge in [-0.25, -0.2) is 0 Å². The molecule has 1 N–H and O–H groups in total. The largest absolute Gasteiger partial charge is 0.361 e. The van der Waals surface area contributed by atoms with E-state index in [9.17, 15) is 4.79 Å². The normalized spacial score (nSPS) is 21.4. The van der Waals surface area contributed by atoms with Gasteiger partial charge in [0.1, 0.15) is 5.78 Å². The molecular formula is C24H25NO. The van der Waals surface area contributed by atoms with Crippen LogP contribution < -0.4 is 0 Å². The number of aromatic nitrogens is 1. The molecule has 1 heterocycles. The van der Waals surface area contributed by atoms with Crippen molar-refractivity contribution in [3.05, 3.63) is 71.4 Å². The summed E-state index contributed by atoms with van der Waals surface area (Å²) < 4.78 is 0. The summed E-state index contributed by atoms with van der Waals surface area (Å²) in [6, 6.07) is 17.8. The molecule has 1 fully saturated rings. The van der Waals surface area contributed by atoms with E-state index in [-0.39, 0.29) is 5.41 Å². The van der Waals surface area contributed by atoms with Crippen LogP contribution in [0.4, 0.5) is 0 Å². The maximum Gasteiger partial charge on any atom is 0.132 e. The second-order valence-electron chi connectivity index (χ2n) is 8.15. The molecule has 2 heteroatoms. The number of aromatic amines is 1. The van der Waals surface area contributed by atoms with E-state index in [4.69, 9.17) is 0 Å². The highest BCUT2D eigenvalue weighted by molar-refractivity contribution is 5.83. The Kier molecular flexibility index (Phi) is 3.74. The number of Topliss-reactive ketones (excluding diaryl/α,β-unsaturated/α-hetero) is 1. The van der Waals surface area contributed by atoms with Crippen molar-refractivity contribution in [3.8, 4) is 0 Å². The summed E-state index contributed by atoms with van der Waals surface area (Å²) >= 11 is 0. The van der Waals surface area contributed by atoms with Crippen LogP contribution in [-0.2, 0) is 23.1 Å². The van der Waals surface area contributed by atoms with Crippen LogP contribution in [0.3, 0.4) is 0 Å². The number of hydrogen-bond acceptors (Lipinski definition) is 1. The van der Waals surface area contributed by atoms with Crippen LogP contribution in [0.1, 0.15) is 48.8 Å². The van der Waals surface area contributed by atoms with Crippen molar-refractivity contribution in [2.24, 2.45) is 5.92 Å². The fraction of sp³-hybridized carbons (Fsp3) is 0.375. The van der Waals surface area contributed by atoms with Crippen LogP contribution in [0.15, 0.2) is 54.7 Å². The first-order valence-electron chi connectivity index (χ1n) is 9.91. The predicted molar refractivity (Wildman–Crippen MR) is 105 cm³/mol. The zero-order valence-electron chi connectivity index (χ0n) is 15.1. The Hall–Kier alpha value is -2.35. The quantitative estimate of drug-likeness (QED) is 0.683. The Balaban J connectivity index is 1.45. The second-order valence-corrected chi connectivity index (χ2v) is 8.15. The summed E-state index contributed by atoms with van der Waals surface area (Å²) in [6.07, 6.45) is 9.14. The molecule has 1 aromatic heterocycles. The average molecular weight is 343 g/mol. The molecule has 26 heavy (non-hydrogen) atoms. The molecule has 2 aliphatic carbocycles. The highest BCUT2D eigenvalue weighted by Crippen LogP contribution is 2.53. The fourth-order valence-corrected chi connectivity index (χ4v) is 5.59. The third-order valence-corrected chi connectivity index (χ3v) is 6.95. The summed E-state index contributed by atoms with van der Waals surface area (Å²) in [4.78, 5) is 15.2. The van der Waals surface area contributed by atoms with Crippen molar-refractivity contribution in [2.75, 3.05) is 0 Å². The molecule has 5 rings (SSSR count). The molecule has 3 aromatic rings. The number of carbonyl (C=O) groups is 1. The minimum Gasteiger partial charge on any atom is -0.361 e. The molecule has 0 aliphatic heterocycles. The molecule has 1 atom stereocenters. The van der Waals surface area contributed by atoms with Gasteiger partial charge in [0.05, 0.1) is 0 Å². The van der Waals surface area contributed by atoms with Crippen molar-refractivity contribution in [2.45, 2.75) is 50.4 Å². The van der Waals surface area contributed by atoms with Crippen LogP contribution >= 0.6 is 0 Å². The summed E-state index contributed by atoms with van der Waals surface area (Å²) in [5.41, 5.74) is 5.97. The first kappa shape index (κ1) is 15.9. The van der Waals surface area contributed by atoms with Crippen molar-refractivity contribution in [1.29, 1.82) is 0 Å². The van der Waals surface area contributed by atoms with Crippen molar-refractivity contribution < 1.29 is 4.79 Å². The molecular weight excluding hydrogens is 318 g/mol. The molecule has 0 bridgehead atoms. The first-order valence-corrected chi connectivity index (χ1v) is 9.91. The number of benzene rings is 2. The number of nitrogens with one attached hydrogen (secondary N) is 1. The van der Waals surface area contributed by atoms with Gasteiger partial charge in [-0.2, -0.15) is 0 Å². The van der Waals surface area contributed by atoms with Gasteiger partial charge in [-0.15, -0.1) is 0 Å². The number of ketones is 1. The van der Waals surface area contributed by atoms with Gasteiger partial charge in [-0.05, 0) is 72.3 Å². The molecule has 2 aromatic carbocycles. The third kappa shape index (κ3) is 2.43. The van der Waals surface area contributed by atoms with Crippen LogP contribution in [0.5, 0.6) is 0 Å². The topological polar surface area (TPSA) is 32.9 Å². The third-order valence-electron chi connectivity index (χ3n) is 6.95. The zero-order chi connectivity index (χ0) is 17.6. The molecule has 1 spiro atoms. The molecule has 2 nitrogen and oxygen atoms in total. The van der Waals surface area contributed by atoms with Crippen LogP contribution in [-0.4, -0.2) is 10.8 Å². The number of aryl methyl sites for hydroxylation is 1. The standard InChI is InChI=1S/C24H25NO/c26-20-10-13-24(14-11-20)19(16-18-4-1-2-6-22(18)24)9-8-17-5-3-7-23-21(17)12-15-25-23/h1-7,12,15,19,25H,8-11,13-14,16H2. The Morgan fingerprint density at radius 1 is 1.00 bits per heavy atom. The van der Waals surface area contributed by atoms with E-state index in [2.05, 4.69) is 53.5 Å². The average Bonchev–Trinajstić information content (AvgIpc) is 3.26. The lowest BCUT2D eigenvalue weighted by Crippen LogP contribution is -2.36. The van der Waals surface area contributed by atoms with Crippen LogP contribution in [0, 0.1) is 5.92 Å². The molecule has 1 saturated carbocycles. The molecule has 2 aliphatic rings. The van der Waals surface area contributed by atoms with Gasteiger partial charge in [-0.1, -0.05) is 36.4 Å². The van der Waals surface area contributed by atoms with E-state index >= 15 is 0 Å². The molecule has 0 amide bonds. The lowest BCUT2D eigenvalue weighted by Gasteiger charge is -2.40. The lowest BCUT2D eigenvalue weighted by molar-refractivity contribution is -0.121. The van der Waals surface area contributed by atoms with Gasteiger partial charge in [0.25, 0.3) is 0 Å². The Morgan fingerprint density at radius 2 is 1.85 bits per heavy atom. The van der Waals surface area contributed by atoms with E-state index in [1.54, 1.807) is 0 Å². The van der Waals surface area contributed by atoms with Gasteiger partial charge >= 0.3 is 0 Å². The maximum absolute atomic E-state index is 11.9. The van der Waals surface area contributed by atoms with E-state index < -0.39 is 0 Å². The molecule has 1 unspecified atom stereocenters. The van der Waals surface area contributed by atoms with Crippen molar-refractivity contribution in [3.63, 3.8) is 0 Å². The molecule has 0 saturated heterocycles. The maximum atomic E-state index is 11.9. The van der Waals surface area contributed by atoms with E-state index in [0.717, 1.165) is 32.1 Å². The Morgan fingerprint density at radius 3 is 2.73 bits per heavy atom. The first-order chi connectivity index (χ1) is 12.8. The number of hydrogen-bond donors (Lipinski definition) is 1. The summed E-state index contributed by atoms with van der Waals surface area (Å²) in [5.74, 6) is 1.11. The van der Waals surface area contributed by atoms with Gasteiger partial charge in [0, 0.05) is 29.9 Å². The van der Waals surface area contributed by atoms with E-state index in [1.165, 1.54) is 40.4 Å². The van der Waals surface area contributed by atoms with Crippen molar-refractivity contribution >= 4 is 16.7 Å². The predicted octanol–water partition coefficient (Wildman–Crippen LogP) is 5.35. The minimum atomic E-state index is 0.233. The highest BCUT2D eigenvalue weighted by Gasteiger charge is 2.47. The summed E-state index contributed by atoms with van der Waals surface area (Å²) in [6.45, 7) is 0.